The van der Waals surface area contributed by atoms with Crippen LogP contribution in [0, 0.1) is 0 Å². The van der Waals surface area contributed by atoms with Crippen molar-refractivity contribution in [1.82, 2.24) is 9.88 Å². The zero-order valence-electron chi connectivity index (χ0n) is 10.5. The number of amides is 1. The Bertz CT molecular complexity index is 662. The summed E-state index contributed by atoms with van der Waals surface area (Å²) in [6.45, 7) is 0.259. The van der Waals surface area contributed by atoms with Gasteiger partial charge < -0.3 is 15.0 Å². The van der Waals surface area contributed by atoms with Crippen LogP contribution in [0.3, 0.4) is 0 Å². The highest BCUT2D eigenvalue weighted by Gasteiger charge is 2.02. The van der Waals surface area contributed by atoms with Crippen LogP contribution < -0.4 is 10.9 Å². The number of carbonyl (C=O) groups is 1. The van der Waals surface area contributed by atoms with Crippen molar-refractivity contribution in [2.24, 2.45) is 7.05 Å². The topological polar surface area (TPSA) is 71.3 Å². The Balaban J connectivity index is 2.29. The van der Waals surface area contributed by atoms with E-state index in [4.69, 9.17) is 5.11 Å². The number of pyridine rings is 1. The second kappa shape index (κ2) is 5.39. The van der Waals surface area contributed by atoms with Crippen molar-refractivity contribution in [2.45, 2.75) is 6.54 Å². The molecule has 0 aliphatic rings. The van der Waals surface area contributed by atoms with E-state index >= 15 is 0 Å². The first-order chi connectivity index (χ1) is 9.06. The lowest BCUT2D eigenvalue weighted by molar-refractivity contribution is 0.194. The predicted octanol–water partition coefficient (Wildman–Crippen LogP) is 1.82. The van der Waals surface area contributed by atoms with E-state index in [1.165, 1.54) is 10.6 Å². The molecule has 0 aliphatic carbocycles. The summed E-state index contributed by atoms with van der Waals surface area (Å²) in [5, 5.41) is 10.9. The minimum Gasteiger partial charge on any atom is -0.465 e. The smallest absolute Gasteiger partial charge is 0.404 e. The van der Waals surface area contributed by atoms with E-state index in [2.05, 4.69) is 5.32 Å². The summed E-state index contributed by atoms with van der Waals surface area (Å²) >= 11 is 0. The fourth-order valence-corrected chi connectivity index (χ4v) is 1.80. The molecule has 2 aromatic rings. The van der Waals surface area contributed by atoms with Crippen molar-refractivity contribution in [3.05, 3.63) is 58.5 Å². The summed E-state index contributed by atoms with van der Waals surface area (Å²) in [6, 6.07) is 10.8. The lowest BCUT2D eigenvalue weighted by atomic mass is 10.0. The molecule has 1 aromatic heterocycles. The van der Waals surface area contributed by atoms with Gasteiger partial charge in [0, 0.05) is 25.9 Å². The Hall–Kier alpha value is -2.56. The van der Waals surface area contributed by atoms with Gasteiger partial charge in [-0.2, -0.15) is 0 Å². The van der Waals surface area contributed by atoms with Crippen LogP contribution in [0.25, 0.3) is 11.1 Å². The molecule has 0 unspecified atom stereocenters. The molecular weight excluding hydrogens is 244 g/mol. The average molecular weight is 258 g/mol. The lowest BCUT2D eigenvalue weighted by Gasteiger charge is -2.07. The summed E-state index contributed by atoms with van der Waals surface area (Å²) in [5.74, 6) is 0. The van der Waals surface area contributed by atoms with Crippen molar-refractivity contribution < 1.29 is 9.90 Å². The molecular formula is C14H14N2O3. The molecule has 1 heterocycles. The number of rotatable bonds is 3. The van der Waals surface area contributed by atoms with Gasteiger partial charge in [-0.15, -0.1) is 0 Å². The number of hydrogen-bond acceptors (Lipinski definition) is 2. The second-order valence-electron chi connectivity index (χ2n) is 4.23. The van der Waals surface area contributed by atoms with Crippen LogP contribution in [-0.2, 0) is 13.6 Å². The Morgan fingerprint density at radius 2 is 2.05 bits per heavy atom. The molecule has 0 saturated heterocycles. The molecule has 0 atom stereocenters. The van der Waals surface area contributed by atoms with Crippen molar-refractivity contribution in [2.75, 3.05) is 0 Å². The predicted molar refractivity (Wildman–Crippen MR) is 72.0 cm³/mol. The SMILES string of the molecule is Cn1cc(-c2cccc(CNC(=O)O)c2)ccc1=O. The van der Waals surface area contributed by atoms with Gasteiger partial charge in [0.15, 0.2) is 0 Å². The van der Waals surface area contributed by atoms with Crippen LogP contribution >= 0.6 is 0 Å². The monoisotopic (exact) mass is 258 g/mol. The number of aryl methyl sites for hydroxylation is 1. The van der Waals surface area contributed by atoms with E-state index in [1.807, 2.05) is 24.3 Å². The van der Waals surface area contributed by atoms with E-state index in [0.717, 1.165) is 16.7 Å². The molecule has 2 rings (SSSR count). The molecule has 2 N–H and O–H groups in total. The van der Waals surface area contributed by atoms with Crippen molar-refractivity contribution >= 4 is 6.09 Å². The zero-order chi connectivity index (χ0) is 13.8. The number of nitrogens with zero attached hydrogens (tertiary/aromatic N) is 1. The largest absolute Gasteiger partial charge is 0.465 e. The van der Waals surface area contributed by atoms with Crippen molar-refractivity contribution in [3.63, 3.8) is 0 Å². The van der Waals surface area contributed by atoms with Gasteiger partial charge >= 0.3 is 6.09 Å². The van der Waals surface area contributed by atoms with Crippen molar-refractivity contribution in [1.29, 1.82) is 0 Å². The lowest BCUT2D eigenvalue weighted by Crippen LogP contribution is -2.19. The van der Waals surface area contributed by atoms with E-state index in [0.29, 0.717) is 0 Å². The first-order valence-electron chi connectivity index (χ1n) is 5.79. The van der Waals surface area contributed by atoms with E-state index in [1.54, 1.807) is 19.3 Å². The zero-order valence-corrected chi connectivity index (χ0v) is 10.5. The van der Waals surface area contributed by atoms with Gasteiger partial charge in [-0.3, -0.25) is 4.79 Å². The number of nitrogens with one attached hydrogen (secondary N) is 1. The maximum absolute atomic E-state index is 11.3. The van der Waals surface area contributed by atoms with E-state index < -0.39 is 6.09 Å². The van der Waals surface area contributed by atoms with Crippen LogP contribution in [0.5, 0.6) is 0 Å². The third kappa shape index (κ3) is 3.22. The third-order valence-electron chi connectivity index (χ3n) is 2.79. The van der Waals surface area contributed by atoms with Gasteiger partial charge in [-0.25, -0.2) is 4.79 Å². The maximum atomic E-state index is 11.3. The van der Waals surface area contributed by atoms with E-state index in [-0.39, 0.29) is 12.1 Å². The standard InChI is InChI=1S/C14H14N2O3/c1-16-9-12(5-6-13(16)17)11-4-2-3-10(7-11)8-15-14(18)19/h2-7,9,15H,8H2,1H3,(H,18,19). The molecule has 0 aliphatic heterocycles. The summed E-state index contributed by atoms with van der Waals surface area (Å²) in [5.41, 5.74) is 2.67. The van der Waals surface area contributed by atoms with E-state index in [9.17, 15) is 9.59 Å². The highest BCUT2D eigenvalue weighted by Crippen LogP contribution is 2.19. The Kier molecular flexibility index (Phi) is 3.66. The van der Waals surface area contributed by atoms with Gasteiger partial charge in [0.05, 0.1) is 0 Å². The quantitative estimate of drug-likeness (QED) is 0.882. The molecule has 0 bridgehead atoms. The number of carboxylic acid groups (broad SMARTS) is 1. The summed E-state index contributed by atoms with van der Waals surface area (Å²) < 4.78 is 1.51. The first kappa shape index (κ1) is 12.9. The van der Waals surface area contributed by atoms with Crippen molar-refractivity contribution in [3.8, 4) is 11.1 Å². The highest BCUT2D eigenvalue weighted by atomic mass is 16.4. The van der Waals surface area contributed by atoms with Crippen LogP contribution in [0.2, 0.25) is 0 Å². The fraction of sp³-hybridized carbons (Fsp3) is 0.143. The second-order valence-corrected chi connectivity index (χ2v) is 4.23. The molecule has 98 valence electrons. The summed E-state index contributed by atoms with van der Waals surface area (Å²) in [7, 11) is 1.70. The average Bonchev–Trinajstić information content (AvgIpc) is 2.40. The minimum absolute atomic E-state index is 0.0625. The van der Waals surface area contributed by atoms with Crippen LogP contribution in [-0.4, -0.2) is 15.8 Å². The van der Waals surface area contributed by atoms with Gasteiger partial charge in [-0.1, -0.05) is 18.2 Å². The third-order valence-corrected chi connectivity index (χ3v) is 2.79. The molecule has 5 nitrogen and oxygen atoms in total. The minimum atomic E-state index is -1.05. The molecule has 5 heteroatoms. The van der Waals surface area contributed by atoms with Gasteiger partial charge in [0.25, 0.3) is 0 Å². The number of benzene rings is 1. The van der Waals surface area contributed by atoms with Crippen LogP contribution in [0.15, 0.2) is 47.4 Å². The summed E-state index contributed by atoms with van der Waals surface area (Å²) in [6.07, 6.45) is 0.707. The fourth-order valence-electron chi connectivity index (χ4n) is 1.80. The maximum Gasteiger partial charge on any atom is 0.404 e. The molecule has 0 saturated carbocycles. The van der Waals surface area contributed by atoms with Crippen LogP contribution in [0.1, 0.15) is 5.56 Å². The normalized spacial score (nSPS) is 10.2. The first-order valence-corrected chi connectivity index (χ1v) is 5.79. The molecule has 1 amide bonds. The Morgan fingerprint density at radius 1 is 1.26 bits per heavy atom. The molecule has 0 fully saturated rings. The van der Waals surface area contributed by atoms with Gasteiger partial charge in [-0.05, 0) is 28.8 Å². The molecule has 1 aromatic carbocycles. The summed E-state index contributed by atoms with van der Waals surface area (Å²) in [4.78, 5) is 21.8. The number of hydrogen-bond donors (Lipinski definition) is 2. The Morgan fingerprint density at radius 3 is 2.74 bits per heavy atom. The van der Waals surface area contributed by atoms with Gasteiger partial charge in [0.1, 0.15) is 0 Å². The van der Waals surface area contributed by atoms with Gasteiger partial charge in [0.2, 0.25) is 5.56 Å². The molecule has 0 radical (unpaired) electrons. The molecule has 19 heavy (non-hydrogen) atoms. The Labute approximate surface area is 110 Å². The van der Waals surface area contributed by atoms with Crippen LogP contribution in [0.4, 0.5) is 4.79 Å². The number of aromatic nitrogens is 1. The highest BCUT2D eigenvalue weighted by molar-refractivity contribution is 5.65. The molecule has 0 spiro atoms.